The molecule has 0 amide bonds. The lowest BCUT2D eigenvalue weighted by atomic mass is 9.99. The summed E-state index contributed by atoms with van der Waals surface area (Å²) >= 11 is 0. The maximum Gasteiger partial charge on any atom is 0.282 e. The highest BCUT2D eigenvalue weighted by atomic mass is 19.1. The van der Waals surface area contributed by atoms with Gasteiger partial charge in [0.2, 0.25) is 0 Å². The van der Waals surface area contributed by atoms with Gasteiger partial charge in [0, 0.05) is 18.5 Å². The van der Waals surface area contributed by atoms with Crippen LogP contribution in [0.1, 0.15) is 24.6 Å². The van der Waals surface area contributed by atoms with Gasteiger partial charge in [-0.1, -0.05) is 5.16 Å². The summed E-state index contributed by atoms with van der Waals surface area (Å²) in [4.78, 5) is 14.6. The van der Waals surface area contributed by atoms with Crippen LogP contribution in [0.25, 0.3) is 11.5 Å². The van der Waals surface area contributed by atoms with E-state index >= 15 is 0 Å². The topological polar surface area (TPSA) is 94.1 Å². The molecular formula is C13H13FN4O3. The smallest absolute Gasteiger partial charge is 0.282 e. The van der Waals surface area contributed by atoms with E-state index < -0.39 is 10.7 Å². The van der Waals surface area contributed by atoms with Crippen LogP contribution >= 0.6 is 0 Å². The molecule has 1 atom stereocenters. The van der Waals surface area contributed by atoms with Crippen molar-refractivity contribution in [2.75, 3.05) is 13.1 Å². The van der Waals surface area contributed by atoms with Crippen LogP contribution in [0.2, 0.25) is 0 Å². The van der Waals surface area contributed by atoms with Crippen molar-refractivity contribution in [2.45, 2.75) is 18.8 Å². The molecule has 1 aromatic carbocycles. The number of benzene rings is 1. The summed E-state index contributed by atoms with van der Waals surface area (Å²) in [5, 5.41) is 18.1. The molecule has 0 aliphatic carbocycles. The van der Waals surface area contributed by atoms with Crippen molar-refractivity contribution >= 4 is 5.69 Å². The van der Waals surface area contributed by atoms with Crippen LogP contribution in [0.3, 0.4) is 0 Å². The van der Waals surface area contributed by atoms with Crippen LogP contribution in [0.15, 0.2) is 22.7 Å². The van der Waals surface area contributed by atoms with Crippen molar-refractivity contribution in [3.05, 3.63) is 40.0 Å². The number of nitro groups is 1. The Morgan fingerprint density at radius 3 is 3.05 bits per heavy atom. The number of nitro benzene ring substituents is 1. The van der Waals surface area contributed by atoms with Crippen molar-refractivity contribution in [2.24, 2.45) is 0 Å². The van der Waals surface area contributed by atoms with Crippen LogP contribution in [0.4, 0.5) is 10.1 Å². The van der Waals surface area contributed by atoms with Crippen LogP contribution in [0, 0.1) is 15.9 Å². The second kappa shape index (κ2) is 5.57. The zero-order chi connectivity index (χ0) is 14.8. The van der Waals surface area contributed by atoms with Gasteiger partial charge in [0.05, 0.1) is 4.92 Å². The predicted molar refractivity (Wildman–Crippen MR) is 71.2 cm³/mol. The molecule has 3 rings (SSSR count). The minimum absolute atomic E-state index is 0.00233. The van der Waals surface area contributed by atoms with E-state index in [9.17, 15) is 14.5 Å². The predicted octanol–water partition coefficient (Wildman–Crippen LogP) is 2.25. The Morgan fingerprint density at radius 1 is 1.48 bits per heavy atom. The summed E-state index contributed by atoms with van der Waals surface area (Å²) in [5.41, 5.74) is -0.254. The van der Waals surface area contributed by atoms with Crippen LogP contribution < -0.4 is 5.32 Å². The molecule has 8 heteroatoms. The number of rotatable bonds is 3. The maximum atomic E-state index is 13.3. The molecule has 21 heavy (non-hydrogen) atoms. The van der Waals surface area contributed by atoms with Gasteiger partial charge in [-0.05, 0) is 31.5 Å². The quantitative estimate of drug-likeness (QED) is 0.688. The average molecular weight is 292 g/mol. The van der Waals surface area contributed by atoms with E-state index in [-0.39, 0.29) is 23.1 Å². The van der Waals surface area contributed by atoms with Gasteiger partial charge in [0.15, 0.2) is 5.82 Å². The van der Waals surface area contributed by atoms with Crippen LogP contribution in [0.5, 0.6) is 0 Å². The second-order valence-corrected chi connectivity index (χ2v) is 4.92. The monoisotopic (exact) mass is 292 g/mol. The Labute approximate surface area is 119 Å². The summed E-state index contributed by atoms with van der Waals surface area (Å²) in [7, 11) is 0. The van der Waals surface area contributed by atoms with Gasteiger partial charge in [0.25, 0.3) is 11.6 Å². The third kappa shape index (κ3) is 2.75. The molecule has 0 bridgehead atoms. The Morgan fingerprint density at radius 2 is 2.33 bits per heavy atom. The van der Waals surface area contributed by atoms with Gasteiger partial charge in [-0.15, -0.1) is 0 Å². The number of halogens is 1. The molecule has 2 aromatic rings. The molecule has 1 aromatic heterocycles. The van der Waals surface area contributed by atoms with Gasteiger partial charge in [-0.2, -0.15) is 4.98 Å². The summed E-state index contributed by atoms with van der Waals surface area (Å²) < 4.78 is 18.4. The minimum atomic E-state index is -0.596. The van der Waals surface area contributed by atoms with E-state index in [4.69, 9.17) is 4.52 Å². The third-order valence-electron chi connectivity index (χ3n) is 3.49. The number of nitrogens with one attached hydrogen (secondary N) is 1. The molecule has 0 radical (unpaired) electrons. The van der Waals surface area contributed by atoms with Crippen molar-refractivity contribution in [3.63, 3.8) is 0 Å². The van der Waals surface area contributed by atoms with E-state index in [0.29, 0.717) is 5.82 Å². The minimum Gasteiger partial charge on any atom is -0.334 e. The average Bonchev–Trinajstić information content (AvgIpc) is 2.97. The fraction of sp³-hybridized carbons (Fsp3) is 0.385. The third-order valence-corrected chi connectivity index (χ3v) is 3.49. The lowest BCUT2D eigenvalue weighted by Crippen LogP contribution is -2.28. The van der Waals surface area contributed by atoms with E-state index in [1.807, 2.05) is 0 Å². The lowest BCUT2D eigenvalue weighted by Gasteiger charge is -2.19. The molecule has 2 heterocycles. The van der Waals surface area contributed by atoms with Gasteiger partial charge >= 0.3 is 0 Å². The highest BCUT2D eigenvalue weighted by Crippen LogP contribution is 2.31. The highest BCUT2D eigenvalue weighted by molar-refractivity contribution is 5.66. The van der Waals surface area contributed by atoms with Crippen molar-refractivity contribution in [3.8, 4) is 11.5 Å². The van der Waals surface area contributed by atoms with Crippen molar-refractivity contribution < 1.29 is 13.8 Å². The van der Waals surface area contributed by atoms with Crippen molar-refractivity contribution in [1.82, 2.24) is 15.5 Å². The Kier molecular flexibility index (Phi) is 3.61. The Balaban J connectivity index is 1.95. The van der Waals surface area contributed by atoms with Gasteiger partial charge in [0.1, 0.15) is 11.4 Å². The lowest BCUT2D eigenvalue weighted by molar-refractivity contribution is -0.384. The first kappa shape index (κ1) is 13.6. The van der Waals surface area contributed by atoms with E-state index in [1.165, 1.54) is 0 Å². The number of nitrogens with zero attached hydrogens (tertiary/aromatic N) is 3. The summed E-state index contributed by atoms with van der Waals surface area (Å²) in [6.45, 7) is 1.70. The van der Waals surface area contributed by atoms with Crippen molar-refractivity contribution in [1.29, 1.82) is 0 Å². The first-order valence-electron chi connectivity index (χ1n) is 6.64. The number of piperidine rings is 1. The van der Waals surface area contributed by atoms with Gasteiger partial charge in [-0.25, -0.2) is 4.39 Å². The molecule has 7 nitrogen and oxygen atoms in total. The number of hydrogen-bond acceptors (Lipinski definition) is 6. The van der Waals surface area contributed by atoms with Crippen LogP contribution in [-0.4, -0.2) is 28.2 Å². The second-order valence-electron chi connectivity index (χ2n) is 4.92. The molecular weight excluding hydrogens is 279 g/mol. The molecule has 0 saturated carbocycles. The standard InChI is InChI=1S/C13H13FN4O3/c14-9-3-4-11(18(19)20)10(6-9)13-16-12(17-21-13)8-2-1-5-15-7-8/h3-4,6,8,15H,1-2,5,7H2. The molecule has 1 unspecified atom stereocenters. The zero-order valence-electron chi connectivity index (χ0n) is 11.1. The molecule has 1 saturated heterocycles. The highest BCUT2D eigenvalue weighted by Gasteiger charge is 2.25. The maximum absolute atomic E-state index is 13.3. The molecule has 1 fully saturated rings. The molecule has 110 valence electrons. The summed E-state index contributed by atoms with van der Waals surface area (Å²) in [5.74, 6) is -0.00363. The molecule has 1 aliphatic heterocycles. The van der Waals surface area contributed by atoms with E-state index in [1.54, 1.807) is 0 Å². The SMILES string of the molecule is O=[N+]([O-])c1ccc(F)cc1-c1nc(C2CCCNC2)no1. The van der Waals surface area contributed by atoms with Gasteiger partial charge in [-0.3, -0.25) is 10.1 Å². The Hall–Kier alpha value is -2.35. The van der Waals surface area contributed by atoms with E-state index in [0.717, 1.165) is 44.1 Å². The first-order chi connectivity index (χ1) is 10.1. The molecule has 1 N–H and O–H groups in total. The van der Waals surface area contributed by atoms with E-state index in [2.05, 4.69) is 15.5 Å². The first-order valence-corrected chi connectivity index (χ1v) is 6.64. The fourth-order valence-electron chi connectivity index (χ4n) is 2.42. The van der Waals surface area contributed by atoms with Crippen LogP contribution in [-0.2, 0) is 0 Å². The largest absolute Gasteiger partial charge is 0.334 e. The Bertz CT molecular complexity index is 667. The molecule has 1 aliphatic rings. The molecule has 0 spiro atoms. The summed E-state index contributed by atoms with van der Waals surface area (Å²) in [6, 6.07) is 3.16. The van der Waals surface area contributed by atoms with Gasteiger partial charge < -0.3 is 9.84 Å². The normalized spacial score (nSPS) is 18.6. The zero-order valence-corrected chi connectivity index (χ0v) is 11.1. The summed E-state index contributed by atoms with van der Waals surface area (Å²) in [6.07, 6.45) is 1.94. The number of hydrogen-bond donors (Lipinski definition) is 1. The fourth-order valence-corrected chi connectivity index (χ4v) is 2.42. The number of aromatic nitrogens is 2.